The number of rotatable bonds is 3. The van der Waals surface area contributed by atoms with Gasteiger partial charge in [-0.25, -0.2) is 4.85 Å². The van der Waals surface area contributed by atoms with E-state index in [0.717, 1.165) is 49.7 Å². The molecular formula is C47H30N4. The van der Waals surface area contributed by atoms with Crippen LogP contribution in [0.1, 0.15) is 30.5 Å². The van der Waals surface area contributed by atoms with Gasteiger partial charge in [0.1, 0.15) is 6.07 Å². The number of aromatic nitrogens is 2. The molecule has 10 rings (SSSR count). The van der Waals surface area contributed by atoms with Gasteiger partial charge < -0.3 is 9.13 Å². The zero-order valence-electron chi connectivity index (χ0n) is 28.1. The minimum Gasteiger partial charge on any atom is -0.318 e. The summed E-state index contributed by atoms with van der Waals surface area (Å²) in [7, 11) is 0. The minimum absolute atomic E-state index is 0.154. The molecule has 1 aliphatic carbocycles. The maximum atomic E-state index is 11.2. The van der Waals surface area contributed by atoms with Crippen LogP contribution >= 0.6 is 0 Å². The van der Waals surface area contributed by atoms with Gasteiger partial charge in [0.05, 0.1) is 45.6 Å². The smallest absolute Gasteiger partial charge is 0.211 e. The van der Waals surface area contributed by atoms with Crippen molar-refractivity contribution in [3.63, 3.8) is 0 Å². The highest BCUT2D eigenvalue weighted by Gasteiger charge is 2.36. The molecule has 0 bridgehead atoms. The number of benzene rings is 7. The minimum atomic E-state index is -0.154. The van der Waals surface area contributed by atoms with Gasteiger partial charge in [-0.05, 0) is 58.7 Å². The van der Waals surface area contributed by atoms with Gasteiger partial charge in [-0.15, -0.1) is 0 Å². The Bertz CT molecular complexity index is 2980. The molecule has 0 N–H and O–H groups in total. The topological polar surface area (TPSA) is 38.0 Å². The zero-order valence-corrected chi connectivity index (χ0v) is 28.1. The first-order valence-electron chi connectivity index (χ1n) is 17.2. The SMILES string of the molecule is [C-]#[N+]c1ccc(-c2ccccc2-n2c3ccccc3c3ccccc32)c(C#N)c1-n1c2ccccc2c2cc3c(cc21)-c1ccccc1C3(C)C. The van der Waals surface area contributed by atoms with E-state index in [1.165, 1.54) is 33.0 Å². The summed E-state index contributed by atoms with van der Waals surface area (Å²) < 4.78 is 4.46. The predicted octanol–water partition coefficient (Wildman–Crippen LogP) is 12.3. The van der Waals surface area contributed by atoms with Crippen molar-refractivity contribution in [3.8, 4) is 39.7 Å². The molecule has 238 valence electrons. The van der Waals surface area contributed by atoms with Gasteiger partial charge in [0, 0.05) is 38.1 Å². The number of para-hydroxylation sites is 4. The van der Waals surface area contributed by atoms with E-state index in [9.17, 15) is 5.26 Å². The first-order valence-corrected chi connectivity index (χ1v) is 17.2. The Kier molecular flexibility index (Phi) is 6.02. The molecule has 0 atom stereocenters. The maximum absolute atomic E-state index is 11.2. The highest BCUT2D eigenvalue weighted by molar-refractivity contribution is 6.13. The third-order valence-electron chi connectivity index (χ3n) is 11.0. The molecule has 0 unspecified atom stereocenters. The second kappa shape index (κ2) is 10.6. The van der Waals surface area contributed by atoms with E-state index in [4.69, 9.17) is 6.57 Å². The van der Waals surface area contributed by atoms with E-state index in [1.54, 1.807) is 0 Å². The molecule has 0 radical (unpaired) electrons. The molecular weight excluding hydrogens is 621 g/mol. The summed E-state index contributed by atoms with van der Waals surface area (Å²) in [5.41, 5.74) is 13.2. The van der Waals surface area contributed by atoms with Gasteiger partial charge in [-0.3, -0.25) is 0 Å². The van der Waals surface area contributed by atoms with Crippen LogP contribution in [0.4, 0.5) is 5.69 Å². The van der Waals surface area contributed by atoms with Gasteiger partial charge >= 0.3 is 0 Å². The Morgan fingerprint density at radius 1 is 0.529 bits per heavy atom. The molecule has 2 aromatic heterocycles. The molecule has 0 aliphatic heterocycles. The normalized spacial score (nSPS) is 13.0. The van der Waals surface area contributed by atoms with Gasteiger partial charge in [0.2, 0.25) is 5.69 Å². The van der Waals surface area contributed by atoms with E-state index in [0.29, 0.717) is 16.9 Å². The van der Waals surface area contributed by atoms with Crippen molar-refractivity contribution < 1.29 is 0 Å². The second-order valence-electron chi connectivity index (χ2n) is 13.9. The molecule has 0 fully saturated rings. The second-order valence-corrected chi connectivity index (χ2v) is 13.9. The lowest BCUT2D eigenvalue weighted by atomic mass is 9.82. The molecule has 4 heteroatoms. The molecule has 51 heavy (non-hydrogen) atoms. The Hall–Kier alpha value is -6.88. The van der Waals surface area contributed by atoms with Crippen LogP contribution in [0.3, 0.4) is 0 Å². The van der Waals surface area contributed by atoms with Crippen molar-refractivity contribution in [2.75, 3.05) is 0 Å². The Labute approximate surface area is 295 Å². The molecule has 0 amide bonds. The van der Waals surface area contributed by atoms with E-state index in [-0.39, 0.29) is 5.41 Å². The van der Waals surface area contributed by atoms with Crippen LogP contribution in [0.2, 0.25) is 0 Å². The highest BCUT2D eigenvalue weighted by atomic mass is 15.0. The molecule has 4 nitrogen and oxygen atoms in total. The van der Waals surface area contributed by atoms with Gasteiger partial charge in [0.15, 0.2) is 0 Å². The summed E-state index contributed by atoms with van der Waals surface area (Å²) in [4.78, 5) is 4.04. The van der Waals surface area contributed by atoms with Crippen LogP contribution < -0.4 is 0 Å². The lowest BCUT2D eigenvalue weighted by Crippen LogP contribution is -2.14. The molecule has 2 heterocycles. The summed E-state index contributed by atoms with van der Waals surface area (Å²) in [5.74, 6) is 0. The molecule has 0 saturated heterocycles. The monoisotopic (exact) mass is 650 g/mol. The van der Waals surface area contributed by atoms with E-state index in [2.05, 4.69) is 155 Å². The lowest BCUT2D eigenvalue weighted by molar-refractivity contribution is 0.661. The lowest BCUT2D eigenvalue weighted by Gasteiger charge is -2.21. The van der Waals surface area contributed by atoms with Crippen LogP contribution in [0.5, 0.6) is 0 Å². The molecule has 9 aromatic rings. The van der Waals surface area contributed by atoms with Crippen LogP contribution in [-0.4, -0.2) is 9.13 Å². The van der Waals surface area contributed by atoms with Crippen LogP contribution in [-0.2, 0) is 5.41 Å². The summed E-state index contributed by atoms with van der Waals surface area (Å²) in [5, 5.41) is 15.7. The van der Waals surface area contributed by atoms with E-state index < -0.39 is 0 Å². The highest BCUT2D eigenvalue weighted by Crippen LogP contribution is 2.51. The number of hydrogen-bond donors (Lipinski definition) is 0. The van der Waals surface area contributed by atoms with E-state index >= 15 is 0 Å². The fourth-order valence-corrected chi connectivity index (χ4v) is 8.72. The third kappa shape index (κ3) is 3.88. The molecule has 0 saturated carbocycles. The fourth-order valence-electron chi connectivity index (χ4n) is 8.72. The number of nitrogens with zero attached hydrogens (tertiary/aromatic N) is 4. The van der Waals surface area contributed by atoms with Crippen LogP contribution in [0, 0.1) is 17.9 Å². The predicted molar refractivity (Wildman–Crippen MR) is 209 cm³/mol. The summed E-state index contributed by atoms with van der Waals surface area (Å²) in [6.45, 7) is 13.0. The van der Waals surface area contributed by atoms with Crippen molar-refractivity contribution in [2.24, 2.45) is 0 Å². The standard InChI is InChI=1S/C47H30N4/c1-47(2)38-19-9-4-14-30(38)35-27-45-36(26-39(35)47)34-18-8-13-23-44(34)51(45)46-37(28-48)29(24-25-40(46)49-3)31-15-5-10-20-41(31)50-42-21-11-6-16-32(42)33-17-7-12-22-43(33)50/h4-27H,1-2H3. The van der Waals surface area contributed by atoms with Crippen molar-refractivity contribution in [1.82, 2.24) is 9.13 Å². The van der Waals surface area contributed by atoms with Crippen molar-refractivity contribution in [2.45, 2.75) is 19.3 Å². The first kappa shape index (κ1) is 29.1. The summed E-state index contributed by atoms with van der Waals surface area (Å²) in [6.07, 6.45) is 0. The molecule has 0 spiro atoms. The number of hydrogen-bond acceptors (Lipinski definition) is 1. The third-order valence-corrected chi connectivity index (χ3v) is 11.0. The van der Waals surface area contributed by atoms with Gasteiger partial charge in [-0.2, -0.15) is 5.26 Å². The summed E-state index contributed by atoms with van der Waals surface area (Å²) >= 11 is 0. The maximum Gasteiger partial charge on any atom is 0.211 e. The van der Waals surface area contributed by atoms with Crippen molar-refractivity contribution in [1.29, 1.82) is 5.26 Å². The molecule has 7 aromatic carbocycles. The zero-order chi connectivity index (χ0) is 34.4. The average Bonchev–Trinajstić information content (AvgIpc) is 3.76. The molecule has 1 aliphatic rings. The Balaban J connectivity index is 1.30. The largest absolute Gasteiger partial charge is 0.318 e. The Morgan fingerprint density at radius 2 is 1.10 bits per heavy atom. The first-order chi connectivity index (χ1) is 25.0. The number of nitriles is 1. The average molecular weight is 651 g/mol. The van der Waals surface area contributed by atoms with Crippen LogP contribution in [0.15, 0.2) is 146 Å². The summed E-state index contributed by atoms with van der Waals surface area (Å²) in [6, 6.07) is 53.3. The van der Waals surface area contributed by atoms with Gasteiger partial charge in [0.25, 0.3) is 0 Å². The fraction of sp³-hybridized carbons (Fsp3) is 0.0638. The van der Waals surface area contributed by atoms with Crippen molar-refractivity contribution >= 4 is 49.3 Å². The number of fused-ring (bicyclic) bond motifs is 9. The Morgan fingerprint density at radius 3 is 1.76 bits per heavy atom. The van der Waals surface area contributed by atoms with E-state index in [1.807, 2.05) is 24.3 Å². The quantitative estimate of drug-likeness (QED) is 0.175. The van der Waals surface area contributed by atoms with Crippen molar-refractivity contribution in [3.05, 3.63) is 174 Å². The van der Waals surface area contributed by atoms with Crippen LogP contribution in [0.25, 0.3) is 82.1 Å². The van der Waals surface area contributed by atoms with Gasteiger partial charge in [-0.1, -0.05) is 123 Å².